The number of hydrogen-bond donors (Lipinski definition) is 3. The van der Waals surface area contributed by atoms with Gasteiger partial charge in [0.1, 0.15) is 19.3 Å². The molecular formula is C81H158O17P2. The molecule has 2 unspecified atom stereocenters. The van der Waals surface area contributed by atoms with Crippen LogP contribution in [-0.2, 0) is 65.4 Å². The van der Waals surface area contributed by atoms with E-state index in [4.69, 9.17) is 37.0 Å². The van der Waals surface area contributed by atoms with Gasteiger partial charge < -0.3 is 33.8 Å². The Balaban J connectivity index is 5.20. The van der Waals surface area contributed by atoms with E-state index in [-0.39, 0.29) is 25.7 Å². The Kier molecular flexibility index (Phi) is 72.5. The monoisotopic (exact) mass is 1470 g/mol. The van der Waals surface area contributed by atoms with Crippen molar-refractivity contribution in [3.8, 4) is 0 Å². The largest absolute Gasteiger partial charge is 0.472 e. The van der Waals surface area contributed by atoms with Gasteiger partial charge in [-0.2, -0.15) is 0 Å². The van der Waals surface area contributed by atoms with Crippen LogP contribution in [0.15, 0.2) is 0 Å². The number of phosphoric acid groups is 2. The third-order valence-electron chi connectivity index (χ3n) is 19.0. The lowest BCUT2D eigenvalue weighted by molar-refractivity contribution is -0.161. The minimum Gasteiger partial charge on any atom is -0.462 e. The van der Waals surface area contributed by atoms with Gasteiger partial charge >= 0.3 is 39.5 Å². The van der Waals surface area contributed by atoms with Crippen molar-refractivity contribution in [2.75, 3.05) is 39.6 Å². The number of ether oxygens (including phenoxy) is 4. The summed E-state index contributed by atoms with van der Waals surface area (Å²) >= 11 is 0. The first kappa shape index (κ1) is 98.1. The average molecular weight is 1470 g/mol. The van der Waals surface area contributed by atoms with E-state index in [2.05, 4.69) is 34.6 Å². The fourth-order valence-electron chi connectivity index (χ4n) is 12.6. The molecule has 0 spiro atoms. The number of phosphoric ester groups is 2. The molecule has 0 aromatic rings. The van der Waals surface area contributed by atoms with Crippen LogP contribution >= 0.6 is 15.6 Å². The molecule has 17 nitrogen and oxygen atoms in total. The van der Waals surface area contributed by atoms with E-state index in [0.717, 1.165) is 95.8 Å². The molecule has 0 aliphatic rings. The molecule has 100 heavy (non-hydrogen) atoms. The number of aliphatic hydroxyl groups is 1. The Morgan fingerprint density at radius 2 is 0.460 bits per heavy atom. The van der Waals surface area contributed by atoms with Gasteiger partial charge in [0.25, 0.3) is 0 Å². The predicted octanol–water partition coefficient (Wildman–Crippen LogP) is 24.4. The average Bonchev–Trinajstić information content (AvgIpc) is 0.929. The number of esters is 4. The molecule has 0 radical (unpaired) electrons. The zero-order valence-corrected chi connectivity index (χ0v) is 67.1. The standard InChI is InChI=1S/C81H158O17P2/c1-6-9-12-15-18-21-24-27-29-30-31-32-33-34-35-36-39-42-45-52-57-62-67-81(86)97-76(70-91-78(83)64-59-54-49-43-40-38-28-25-22-19-16-13-10-7-2)72-95-99(87,88)93-68-75(82)69-94-100(89,90)96-73-77(71-92-79(84)65-60-55-50-47-46-48-53-58-63-74(4)5)98-80(85)66-61-56-51-44-41-37-26-23-20-17-14-11-8-3/h74-77,82H,6-73H2,1-5H3,(H,87,88)(H,89,90)/t75-,76-,77-/m1/s1. The second-order valence-electron chi connectivity index (χ2n) is 29.6. The Hall–Kier alpha value is -1.94. The molecule has 0 aromatic heterocycles. The lowest BCUT2D eigenvalue weighted by Gasteiger charge is -2.21. The normalized spacial score (nSPS) is 13.8. The first-order chi connectivity index (χ1) is 48.5. The predicted molar refractivity (Wildman–Crippen MR) is 409 cm³/mol. The van der Waals surface area contributed by atoms with E-state index in [9.17, 15) is 43.2 Å². The van der Waals surface area contributed by atoms with Crippen molar-refractivity contribution in [3.63, 3.8) is 0 Å². The summed E-state index contributed by atoms with van der Waals surface area (Å²) in [6.07, 6.45) is 65.3. The molecule has 5 atom stereocenters. The van der Waals surface area contributed by atoms with E-state index in [1.54, 1.807) is 0 Å². The third-order valence-corrected chi connectivity index (χ3v) is 20.9. The number of aliphatic hydroxyl groups excluding tert-OH is 1. The summed E-state index contributed by atoms with van der Waals surface area (Å²) in [4.78, 5) is 73.0. The van der Waals surface area contributed by atoms with Crippen molar-refractivity contribution in [2.45, 2.75) is 451 Å². The number of carbonyl (C=O) groups excluding carboxylic acids is 4. The second-order valence-corrected chi connectivity index (χ2v) is 32.5. The van der Waals surface area contributed by atoms with Gasteiger partial charge in [-0.3, -0.25) is 37.3 Å². The maximum Gasteiger partial charge on any atom is 0.472 e. The molecule has 19 heteroatoms. The minimum atomic E-state index is -4.96. The molecule has 0 rings (SSSR count). The highest BCUT2D eigenvalue weighted by Crippen LogP contribution is 2.45. The Bertz CT molecular complexity index is 1910. The summed E-state index contributed by atoms with van der Waals surface area (Å²) in [7, 11) is -9.92. The molecule has 0 heterocycles. The Morgan fingerprint density at radius 1 is 0.270 bits per heavy atom. The number of rotatable bonds is 81. The van der Waals surface area contributed by atoms with E-state index in [0.29, 0.717) is 25.7 Å². The molecule has 0 fully saturated rings. The fourth-order valence-corrected chi connectivity index (χ4v) is 14.2. The molecule has 0 saturated carbocycles. The van der Waals surface area contributed by atoms with Gasteiger partial charge in [-0.25, -0.2) is 9.13 Å². The van der Waals surface area contributed by atoms with Crippen LogP contribution < -0.4 is 0 Å². The van der Waals surface area contributed by atoms with Crippen LogP contribution in [0.25, 0.3) is 0 Å². The van der Waals surface area contributed by atoms with Gasteiger partial charge in [0, 0.05) is 25.7 Å². The van der Waals surface area contributed by atoms with Gasteiger partial charge in [0.2, 0.25) is 0 Å². The van der Waals surface area contributed by atoms with Crippen molar-refractivity contribution in [3.05, 3.63) is 0 Å². The van der Waals surface area contributed by atoms with Gasteiger partial charge in [-0.1, -0.05) is 381 Å². The molecule has 0 amide bonds. The first-order valence-electron chi connectivity index (χ1n) is 42.1. The molecular weight excluding hydrogens is 1310 g/mol. The van der Waals surface area contributed by atoms with Crippen molar-refractivity contribution < 1.29 is 80.2 Å². The number of carbonyl (C=O) groups is 4. The highest BCUT2D eigenvalue weighted by Gasteiger charge is 2.30. The summed E-state index contributed by atoms with van der Waals surface area (Å²) in [5.41, 5.74) is 0. The smallest absolute Gasteiger partial charge is 0.462 e. The van der Waals surface area contributed by atoms with Crippen LogP contribution in [0.1, 0.15) is 433 Å². The maximum absolute atomic E-state index is 13.1. The van der Waals surface area contributed by atoms with Crippen molar-refractivity contribution in [1.82, 2.24) is 0 Å². The van der Waals surface area contributed by atoms with Gasteiger partial charge in [-0.05, 0) is 31.6 Å². The molecule has 0 aliphatic carbocycles. The number of unbranched alkanes of at least 4 members (excludes halogenated alkanes) is 53. The van der Waals surface area contributed by atoms with Crippen molar-refractivity contribution in [1.29, 1.82) is 0 Å². The maximum atomic E-state index is 13.1. The molecule has 0 bridgehead atoms. The Morgan fingerprint density at radius 3 is 0.680 bits per heavy atom. The van der Waals surface area contributed by atoms with E-state index in [1.807, 2.05) is 0 Å². The van der Waals surface area contributed by atoms with Crippen molar-refractivity contribution in [2.24, 2.45) is 5.92 Å². The summed E-state index contributed by atoms with van der Waals surface area (Å²) < 4.78 is 68.7. The highest BCUT2D eigenvalue weighted by molar-refractivity contribution is 7.47. The van der Waals surface area contributed by atoms with Crippen LogP contribution in [0, 0.1) is 5.92 Å². The highest BCUT2D eigenvalue weighted by atomic mass is 31.2. The van der Waals surface area contributed by atoms with E-state index in [1.165, 1.54) is 257 Å². The van der Waals surface area contributed by atoms with Gasteiger partial charge in [-0.15, -0.1) is 0 Å². The Labute approximate surface area is 613 Å². The van der Waals surface area contributed by atoms with E-state index >= 15 is 0 Å². The zero-order valence-electron chi connectivity index (χ0n) is 65.3. The van der Waals surface area contributed by atoms with Crippen LogP contribution in [-0.4, -0.2) is 96.7 Å². The summed E-state index contributed by atoms with van der Waals surface area (Å²) in [6.45, 7) is 7.29. The lowest BCUT2D eigenvalue weighted by atomic mass is 10.0. The molecule has 0 aliphatic heterocycles. The molecule has 0 aromatic carbocycles. The van der Waals surface area contributed by atoms with Gasteiger partial charge in [0.05, 0.1) is 26.4 Å². The quantitative estimate of drug-likeness (QED) is 0.0222. The molecule has 3 N–H and O–H groups in total. The third kappa shape index (κ3) is 74.3. The molecule has 0 saturated heterocycles. The SMILES string of the molecule is CCCCCCCCCCCCCCCCCCCCCCCCC(=O)O[C@H](COC(=O)CCCCCCCCCCCCCCCC)COP(=O)(O)OC[C@@H](O)COP(=O)(O)OC[C@@H](COC(=O)CCCCCCCCCCC(C)C)OC(=O)CCCCCCCCCCCCCCC. The topological polar surface area (TPSA) is 237 Å². The zero-order chi connectivity index (χ0) is 73.4. The molecule has 594 valence electrons. The summed E-state index contributed by atoms with van der Waals surface area (Å²) in [6, 6.07) is 0. The van der Waals surface area contributed by atoms with Crippen LogP contribution in [0.3, 0.4) is 0 Å². The van der Waals surface area contributed by atoms with E-state index < -0.39 is 97.5 Å². The first-order valence-corrected chi connectivity index (χ1v) is 45.1. The minimum absolute atomic E-state index is 0.108. The van der Waals surface area contributed by atoms with Crippen molar-refractivity contribution >= 4 is 39.5 Å². The van der Waals surface area contributed by atoms with Gasteiger partial charge in [0.15, 0.2) is 12.2 Å². The second kappa shape index (κ2) is 73.9. The van der Waals surface area contributed by atoms with Crippen LogP contribution in [0.4, 0.5) is 0 Å². The fraction of sp³-hybridized carbons (Fsp3) is 0.951. The summed E-state index contributed by atoms with van der Waals surface area (Å²) in [5.74, 6) is -1.38. The van der Waals surface area contributed by atoms with Crippen LogP contribution in [0.5, 0.6) is 0 Å². The number of hydrogen-bond acceptors (Lipinski definition) is 15. The van der Waals surface area contributed by atoms with Crippen LogP contribution in [0.2, 0.25) is 0 Å². The lowest BCUT2D eigenvalue weighted by Crippen LogP contribution is -2.30. The summed E-state index contributed by atoms with van der Waals surface area (Å²) in [5, 5.41) is 10.6.